The summed E-state index contributed by atoms with van der Waals surface area (Å²) in [7, 11) is 1.79. The molecule has 0 aliphatic heterocycles. The van der Waals surface area contributed by atoms with Crippen molar-refractivity contribution in [2.75, 3.05) is 7.11 Å². The summed E-state index contributed by atoms with van der Waals surface area (Å²) in [6, 6.07) is 0.510. The van der Waals surface area contributed by atoms with Gasteiger partial charge in [0, 0.05) is 37.0 Å². The molecule has 17 heavy (non-hydrogen) atoms. The lowest BCUT2D eigenvalue weighted by atomic mass is 9.64. The van der Waals surface area contributed by atoms with E-state index in [1.807, 2.05) is 0 Å². The van der Waals surface area contributed by atoms with Crippen LogP contribution in [0, 0.1) is 5.41 Å². The fraction of sp³-hybridized carbons (Fsp3) is 0.750. The second kappa shape index (κ2) is 5.02. The SMILES string of the molecule is COC1CC(NCc2csc(CN)n2)C1(C)C. The molecular formula is C12H21N3OS. The molecule has 1 fully saturated rings. The third-order valence-corrected chi connectivity index (χ3v) is 4.69. The van der Waals surface area contributed by atoms with E-state index < -0.39 is 0 Å². The normalized spacial score (nSPS) is 26.8. The average Bonchev–Trinajstić information content (AvgIpc) is 2.76. The zero-order valence-electron chi connectivity index (χ0n) is 10.7. The number of nitrogens with two attached hydrogens (primary N) is 1. The summed E-state index contributed by atoms with van der Waals surface area (Å²) in [5, 5.41) is 6.63. The summed E-state index contributed by atoms with van der Waals surface area (Å²) in [6.45, 7) is 5.84. The van der Waals surface area contributed by atoms with E-state index in [1.54, 1.807) is 18.4 Å². The largest absolute Gasteiger partial charge is 0.381 e. The molecule has 0 amide bonds. The number of hydrogen-bond donors (Lipinski definition) is 2. The van der Waals surface area contributed by atoms with E-state index in [1.165, 1.54) is 0 Å². The number of thiazole rings is 1. The lowest BCUT2D eigenvalue weighted by Gasteiger charge is -2.51. The third kappa shape index (κ3) is 2.52. The molecule has 1 aliphatic carbocycles. The molecule has 0 bridgehead atoms. The summed E-state index contributed by atoms with van der Waals surface area (Å²) in [4.78, 5) is 4.45. The highest BCUT2D eigenvalue weighted by Crippen LogP contribution is 2.42. The van der Waals surface area contributed by atoms with Gasteiger partial charge in [0.1, 0.15) is 5.01 Å². The predicted molar refractivity (Wildman–Crippen MR) is 69.8 cm³/mol. The van der Waals surface area contributed by atoms with Gasteiger partial charge in [-0.1, -0.05) is 13.8 Å². The van der Waals surface area contributed by atoms with Crippen LogP contribution in [0.25, 0.3) is 0 Å². The summed E-state index contributed by atoms with van der Waals surface area (Å²) >= 11 is 1.63. The molecule has 0 saturated heterocycles. The average molecular weight is 255 g/mol. The van der Waals surface area contributed by atoms with Crippen LogP contribution in [0.3, 0.4) is 0 Å². The van der Waals surface area contributed by atoms with Crippen LogP contribution in [0.5, 0.6) is 0 Å². The molecule has 1 aromatic heterocycles. The molecule has 1 aliphatic rings. The molecule has 0 radical (unpaired) electrons. The standard InChI is InChI=1S/C12H21N3OS/c1-12(2)9(4-10(12)16-3)14-6-8-7-17-11(5-13)15-8/h7,9-10,14H,4-6,13H2,1-3H3. The van der Waals surface area contributed by atoms with Gasteiger partial charge in [-0.2, -0.15) is 0 Å². The Labute approximate surface area is 107 Å². The van der Waals surface area contributed by atoms with E-state index in [4.69, 9.17) is 10.5 Å². The van der Waals surface area contributed by atoms with E-state index in [9.17, 15) is 0 Å². The second-order valence-electron chi connectivity index (χ2n) is 5.15. The monoisotopic (exact) mass is 255 g/mol. The maximum atomic E-state index is 5.55. The number of hydrogen-bond acceptors (Lipinski definition) is 5. The number of nitrogens with one attached hydrogen (secondary N) is 1. The predicted octanol–water partition coefficient (Wildman–Crippen LogP) is 1.50. The molecule has 96 valence electrons. The van der Waals surface area contributed by atoms with Gasteiger partial charge in [0.05, 0.1) is 11.8 Å². The number of ether oxygens (including phenoxy) is 1. The van der Waals surface area contributed by atoms with Crippen LogP contribution in [-0.4, -0.2) is 24.2 Å². The first-order valence-electron chi connectivity index (χ1n) is 5.97. The Kier molecular flexibility index (Phi) is 3.82. The van der Waals surface area contributed by atoms with Gasteiger partial charge >= 0.3 is 0 Å². The van der Waals surface area contributed by atoms with Crippen molar-refractivity contribution in [1.82, 2.24) is 10.3 Å². The molecule has 2 atom stereocenters. The van der Waals surface area contributed by atoms with Gasteiger partial charge < -0.3 is 15.8 Å². The van der Waals surface area contributed by atoms with Crippen LogP contribution in [0.4, 0.5) is 0 Å². The minimum Gasteiger partial charge on any atom is -0.381 e. The van der Waals surface area contributed by atoms with Gasteiger partial charge in [-0.15, -0.1) is 11.3 Å². The fourth-order valence-electron chi connectivity index (χ4n) is 2.38. The number of methoxy groups -OCH3 is 1. The Morgan fingerprint density at radius 2 is 2.41 bits per heavy atom. The minimum absolute atomic E-state index is 0.210. The summed E-state index contributed by atoms with van der Waals surface area (Å²) in [5.74, 6) is 0. The van der Waals surface area contributed by atoms with E-state index >= 15 is 0 Å². The van der Waals surface area contributed by atoms with Crippen molar-refractivity contribution in [3.05, 3.63) is 16.1 Å². The molecule has 1 aromatic rings. The molecule has 2 rings (SSSR count). The molecule has 1 heterocycles. The van der Waals surface area contributed by atoms with Crippen molar-refractivity contribution in [3.8, 4) is 0 Å². The molecule has 4 nitrogen and oxygen atoms in total. The van der Waals surface area contributed by atoms with Crippen molar-refractivity contribution < 1.29 is 4.74 Å². The zero-order chi connectivity index (χ0) is 12.5. The maximum absolute atomic E-state index is 5.55. The summed E-state index contributed by atoms with van der Waals surface area (Å²) < 4.78 is 5.44. The minimum atomic E-state index is 0.210. The van der Waals surface area contributed by atoms with Crippen molar-refractivity contribution in [2.24, 2.45) is 11.1 Å². The van der Waals surface area contributed by atoms with Crippen LogP contribution < -0.4 is 11.1 Å². The molecule has 2 unspecified atom stereocenters. The van der Waals surface area contributed by atoms with E-state index in [-0.39, 0.29) is 5.41 Å². The van der Waals surface area contributed by atoms with E-state index in [0.29, 0.717) is 18.7 Å². The van der Waals surface area contributed by atoms with Gasteiger partial charge in [0.15, 0.2) is 0 Å². The molecule has 0 aromatic carbocycles. The summed E-state index contributed by atoms with van der Waals surface area (Å²) in [6.07, 6.45) is 1.45. The van der Waals surface area contributed by atoms with Gasteiger partial charge in [0.25, 0.3) is 0 Å². The Morgan fingerprint density at radius 3 is 2.94 bits per heavy atom. The molecule has 3 N–H and O–H groups in total. The van der Waals surface area contributed by atoms with Crippen LogP contribution in [-0.2, 0) is 17.8 Å². The van der Waals surface area contributed by atoms with Crippen molar-refractivity contribution >= 4 is 11.3 Å². The Balaban J connectivity index is 1.83. The molecular weight excluding hydrogens is 234 g/mol. The lowest BCUT2D eigenvalue weighted by Crippen LogP contribution is -2.60. The lowest BCUT2D eigenvalue weighted by molar-refractivity contribution is -0.0979. The van der Waals surface area contributed by atoms with Crippen LogP contribution >= 0.6 is 11.3 Å². The smallest absolute Gasteiger partial charge is 0.106 e. The molecule has 1 saturated carbocycles. The topological polar surface area (TPSA) is 60.2 Å². The first kappa shape index (κ1) is 13.0. The van der Waals surface area contributed by atoms with Crippen molar-refractivity contribution in [1.29, 1.82) is 0 Å². The number of rotatable bonds is 5. The Bertz CT molecular complexity index is 378. The van der Waals surface area contributed by atoms with Crippen molar-refractivity contribution in [3.63, 3.8) is 0 Å². The van der Waals surface area contributed by atoms with Crippen LogP contribution in [0.2, 0.25) is 0 Å². The van der Waals surface area contributed by atoms with Gasteiger partial charge in [0.2, 0.25) is 0 Å². The Morgan fingerprint density at radius 1 is 1.65 bits per heavy atom. The fourth-order valence-corrected chi connectivity index (χ4v) is 3.06. The second-order valence-corrected chi connectivity index (χ2v) is 6.09. The number of nitrogens with zero attached hydrogens (tertiary/aromatic N) is 1. The zero-order valence-corrected chi connectivity index (χ0v) is 11.5. The van der Waals surface area contributed by atoms with E-state index in [2.05, 4.69) is 29.5 Å². The molecule has 0 spiro atoms. The number of aromatic nitrogens is 1. The first-order chi connectivity index (χ1) is 8.07. The van der Waals surface area contributed by atoms with Gasteiger partial charge in [-0.25, -0.2) is 4.98 Å². The highest BCUT2D eigenvalue weighted by atomic mass is 32.1. The maximum Gasteiger partial charge on any atom is 0.106 e. The van der Waals surface area contributed by atoms with Gasteiger partial charge in [-0.3, -0.25) is 0 Å². The van der Waals surface area contributed by atoms with Crippen LogP contribution in [0.1, 0.15) is 31.0 Å². The quantitative estimate of drug-likeness (QED) is 0.837. The Hall–Kier alpha value is -0.490. The van der Waals surface area contributed by atoms with Crippen molar-refractivity contribution in [2.45, 2.75) is 45.5 Å². The third-order valence-electron chi connectivity index (χ3n) is 3.77. The molecule has 5 heteroatoms. The van der Waals surface area contributed by atoms with Crippen LogP contribution in [0.15, 0.2) is 5.38 Å². The van der Waals surface area contributed by atoms with E-state index in [0.717, 1.165) is 23.7 Å². The first-order valence-corrected chi connectivity index (χ1v) is 6.85. The van der Waals surface area contributed by atoms with Gasteiger partial charge in [-0.05, 0) is 6.42 Å². The summed E-state index contributed by atoms with van der Waals surface area (Å²) in [5.41, 5.74) is 6.85. The highest BCUT2D eigenvalue weighted by Gasteiger charge is 2.48. The highest BCUT2D eigenvalue weighted by molar-refractivity contribution is 7.09.